The molecule has 11 nitrogen and oxygen atoms in total. The van der Waals surface area contributed by atoms with Gasteiger partial charge in [0.2, 0.25) is 0 Å². The first-order valence-corrected chi connectivity index (χ1v) is 23.6. The highest BCUT2D eigenvalue weighted by atomic mass is 31.2. The number of rotatable bonds is 38. The highest BCUT2D eigenvalue weighted by Gasteiger charge is 2.27. The minimum absolute atomic E-state index is 0.0311. The van der Waals surface area contributed by atoms with Gasteiger partial charge >= 0.3 is 19.8 Å². The van der Waals surface area contributed by atoms with Crippen LogP contribution in [0.2, 0.25) is 0 Å². The van der Waals surface area contributed by atoms with E-state index in [9.17, 15) is 29.3 Å². The zero-order valence-corrected chi connectivity index (χ0v) is 38.5. The number of allylic oxidation sites excluding steroid dienone is 15. The molecule has 0 aromatic rings. The first-order valence-electron chi connectivity index (χ1n) is 22.1. The summed E-state index contributed by atoms with van der Waals surface area (Å²) in [6.07, 6.45) is 43.4. The summed E-state index contributed by atoms with van der Waals surface area (Å²) in [6.45, 7) is 3.79. The van der Waals surface area contributed by atoms with Crippen molar-refractivity contribution in [1.82, 2.24) is 0 Å². The minimum Gasteiger partial charge on any atom is -0.462 e. The molecular weight excluding hydrogens is 781 g/mol. The number of nitrogens with zero attached hydrogens (tertiary/aromatic N) is 1. The van der Waals surface area contributed by atoms with Crippen LogP contribution < -0.4 is 0 Å². The third-order valence-electron chi connectivity index (χ3n) is 8.81. The normalized spacial score (nSPS) is 15.5. The van der Waals surface area contributed by atoms with Crippen LogP contribution in [0, 0.1) is 0 Å². The van der Waals surface area contributed by atoms with Gasteiger partial charge in [-0.3, -0.25) is 18.6 Å². The van der Waals surface area contributed by atoms with E-state index < -0.39 is 44.7 Å². The fourth-order valence-electron chi connectivity index (χ4n) is 5.27. The lowest BCUT2D eigenvalue weighted by Gasteiger charge is -2.24. The van der Waals surface area contributed by atoms with Gasteiger partial charge in [0.25, 0.3) is 0 Å². The van der Waals surface area contributed by atoms with Crippen LogP contribution in [0.3, 0.4) is 0 Å². The van der Waals surface area contributed by atoms with Gasteiger partial charge in [-0.05, 0) is 89.9 Å². The molecule has 0 saturated heterocycles. The molecule has 0 aromatic carbocycles. The Hall–Kier alpha value is -3.15. The van der Waals surface area contributed by atoms with Crippen molar-refractivity contribution < 1.29 is 52.3 Å². The minimum atomic E-state index is -4.47. The summed E-state index contributed by atoms with van der Waals surface area (Å²) in [5, 5.41) is 20.8. The molecule has 0 radical (unpaired) electrons. The van der Waals surface area contributed by atoms with E-state index in [1.54, 1.807) is 0 Å². The lowest BCUT2D eigenvalue weighted by molar-refractivity contribution is -0.870. The number of unbranched alkanes of at least 4 members (excludes halogenated alkanes) is 4. The predicted molar refractivity (Wildman–Crippen MR) is 245 cm³/mol. The van der Waals surface area contributed by atoms with Crippen LogP contribution in [0.25, 0.3) is 0 Å². The van der Waals surface area contributed by atoms with Gasteiger partial charge in [0.1, 0.15) is 19.8 Å². The van der Waals surface area contributed by atoms with Gasteiger partial charge in [-0.1, -0.05) is 124 Å². The Bertz CT molecular complexity index is 1380. The van der Waals surface area contributed by atoms with E-state index in [0.717, 1.165) is 77.0 Å². The Morgan fingerprint density at radius 3 is 1.60 bits per heavy atom. The second-order valence-electron chi connectivity index (χ2n) is 15.6. The largest absolute Gasteiger partial charge is 0.472 e. The molecular formula is C48H81NO10P+. The van der Waals surface area contributed by atoms with Crippen molar-refractivity contribution in [1.29, 1.82) is 0 Å². The maximum atomic E-state index is 12.7. The molecule has 0 aromatic heterocycles. The van der Waals surface area contributed by atoms with E-state index in [1.807, 2.05) is 39.4 Å². The monoisotopic (exact) mass is 863 g/mol. The number of likely N-dealkylation sites (N-methyl/N-ethyl adjacent to an activating group) is 1. The van der Waals surface area contributed by atoms with Crippen LogP contribution in [0.15, 0.2) is 97.2 Å². The summed E-state index contributed by atoms with van der Waals surface area (Å²) in [5.74, 6) is -1.13. The maximum absolute atomic E-state index is 12.7. The van der Waals surface area contributed by atoms with Crippen molar-refractivity contribution in [3.63, 3.8) is 0 Å². The molecule has 0 aliphatic heterocycles. The van der Waals surface area contributed by atoms with E-state index in [-0.39, 0.29) is 45.3 Å². The number of aliphatic hydroxyl groups is 2. The second kappa shape index (κ2) is 38.7. The van der Waals surface area contributed by atoms with E-state index in [0.29, 0.717) is 17.4 Å². The standard InChI is InChI=1S/C48H80NO10P/c1-6-8-10-12-14-16-18-20-21-22-23-24-26-28-30-32-34-38-47(52)56-42-44(43-58-60(54,55)57-41-40-49(3,4)5)59-48(53)39-35-37-46(51)45(50)36-33-31-29-27-25-19-17-15-13-11-9-7-2/h8-11,14-17,20-21,23-25,27,31,33,44-46,50-51H,6-7,12-13,18-19,22,26,28-30,32,34-43H2,1-5H3/p+1/b10-8-,11-9-,16-14-,17-15-,21-20-,24-23-,27-25-,33-31-/t44-,45-,46-/m1/s1. The summed E-state index contributed by atoms with van der Waals surface area (Å²) < 4.78 is 34.0. The quantitative estimate of drug-likeness (QED) is 0.0180. The van der Waals surface area contributed by atoms with E-state index in [2.05, 4.69) is 92.8 Å². The van der Waals surface area contributed by atoms with Crippen molar-refractivity contribution in [3.8, 4) is 0 Å². The number of phosphoric ester groups is 1. The number of hydrogen-bond donors (Lipinski definition) is 3. The maximum Gasteiger partial charge on any atom is 0.472 e. The number of esters is 2. The summed E-state index contributed by atoms with van der Waals surface area (Å²) in [6, 6.07) is 0. The van der Waals surface area contributed by atoms with E-state index in [1.165, 1.54) is 0 Å². The molecule has 3 N–H and O–H groups in total. The molecule has 0 aliphatic rings. The third kappa shape index (κ3) is 40.3. The summed E-state index contributed by atoms with van der Waals surface area (Å²) in [4.78, 5) is 35.4. The predicted octanol–water partition coefficient (Wildman–Crippen LogP) is 10.5. The third-order valence-corrected chi connectivity index (χ3v) is 9.79. The van der Waals surface area contributed by atoms with Crippen LogP contribution >= 0.6 is 7.82 Å². The molecule has 342 valence electrons. The van der Waals surface area contributed by atoms with Crippen LogP contribution in [0.4, 0.5) is 0 Å². The number of quaternary nitrogens is 1. The average Bonchev–Trinajstić information content (AvgIpc) is 3.19. The topological polar surface area (TPSA) is 149 Å². The number of carbonyl (C=O) groups is 2. The fraction of sp³-hybridized carbons (Fsp3) is 0.625. The van der Waals surface area contributed by atoms with Gasteiger partial charge in [-0.2, -0.15) is 0 Å². The smallest absolute Gasteiger partial charge is 0.462 e. The number of phosphoric acid groups is 1. The number of ether oxygens (including phenoxy) is 2. The molecule has 0 saturated carbocycles. The zero-order chi connectivity index (χ0) is 44.6. The van der Waals surface area contributed by atoms with Gasteiger partial charge in [-0.15, -0.1) is 0 Å². The molecule has 0 aliphatic carbocycles. The van der Waals surface area contributed by atoms with Crippen LogP contribution in [-0.2, 0) is 32.7 Å². The molecule has 0 spiro atoms. The Balaban J connectivity index is 4.67. The van der Waals surface area contributed by atoms with Crippen LogP contribution in [0.5, 0.6) is 0 Å². The molecule has 0 amide bonds. The molecule has 0 heterocycles. The van der Waals surface area contributed by atoms with Crippen molar-refractivity contribution in [2.75, 3.05) is 47.5 Å². The zero-order valence-electron chi connectivity index (χ0n) is 37.6. The summed E-state index contributed by atoms with van der Waals surface area (Å²) in [5.41, 5.74) is 0. The second-order valence-corrected chi connectivity index (χ2v) is 17.1. The molecule has 60 heavy (non-hydrogen) atoms. The van der Waals surface area contributed by atoms with Gasteiger partial charge < -0.3 is 29.1 Å². The molecule has 0 rings (SSSR count). The Kier molecular flexibility index (Phi) is 36.7. The number of carbonyl (C=O) groups excluding carboxylic acids is 2. The van der Waals surface area contributed by atoms with Gasteiger partial charge in [0.05, 0.1) is 40.0 Å². The Morgan fingerprint density at radius 1 is 0.583 bits per heavy atom. The van der Waals surface area contributed by atoms with Crippen LogP contribution in [0.1, 0.15) is 129 Å². The first-order chi connectivity index (χ1) is 28.8. The number of aliphatic hydroxyl groups excluding tert-OH is 2. The van der Waals surface area contributed by atoms with Gasteiger partial charge in [0, 0.05) is 12.8 Å². The van der Waals surface area contributed by atoms with Gasteiger partial charge in [-0.25, -0.2) is 4.57 Å². The summed E-state index contributed by atoms with van der Waals surface area (Å²) in [7, 11) is 1.26. The molecule has 12 heteroatoms. The Labute approximate surface area is 363 Å². The van der Waals surface area contributed by atoms with Crippen molar-refractivity contribution >= 4 is 19.8 Å². The lowest BCUT2D eigenvalue weighted by Crippen LogP contribution is -2.37. The average molecular weight is 863 g/mol. The Morgan fingerprint density at radius 2 is 1.07 bits per heavy atom. The van der Waals surface area contributed by atoms with E-state index >= 15 is 0 Å². The van der Waals surface area contributed by atoms with Crippen molar-refractivity contribution in [3.05, 3.63) is 97.2 Å². The highest BCUT2D eigenvalue weighted by molar-refractivity contribution is 7.47. The number of hydrogen-bond acceptors (Lipinski definition) is 9. The molecule has 0 fully saturated rings. The first kappa shape index (κ1) is 56.9. The van der Waals surface area contributed by atoms with Crippen molar-refractivity contribution in [2.45, 2.75) is 148 Å². The lowest BCUT2D eigenvalue weighted by atomic mass is 10.0. The molecule has 1 unspecified atom stereocenters. The molecule has 0 bridgehead atoms. The fourth-order valence-corrected chi connectivity index (χ4v) is 6.01. The molecule has 4 atom stereocenters. The summed E-state index contributed by atoms with van der Waals surface area (Å²) >= 11 is 0. The van der Waals surface area contributed by atoms with Crippen molar-refractivity contribution in [2.24, 2.45) is 0 Å². The van der Waals surface area contributed by atoms with E-state index in [4.69, 9.17) is 18.5 Å². The highest BCUT2D eigenvalue weighted by Crippen LogP contribution is 2.43. The SMILES string of the molecule is CC/C=C\C/C=C\C/C=C\C/C=C\CCCCCCC(=O)OC[C@H](COP(=O)(O)OCC[N+](C)(C)C)OC(=O)CCC[C@@H](O)[C@H](O)C/C=C\C/C=C\C/C=C\C/C=C\CC. The van der Waals surface area contributed by atoms with Gasteiger partial charge in [0.15, 0.2) is 6.10 Å². The van der Waals surface area contributed by atoms with Crippen LogP contribution in [-0.4, -0.2) is 97.3 Å².